The number of ether oxygens (including phenoxy) is 1. The van der Waals surface area contributed by atoms with Crippen LogP contribution in [-0.4, -0.2) is 17.5 Å². The molecular formula is C17H16N2O2. The Bertz CT molecular complexity index is 777. The van der Waals surface area contributed by atoms with E-state index < -0.39 is 0 Å². The van der Waals surface area contributed by atoms with Crippen molar-refractivity contribution in [1.82, 2.24) is 4.98 Å². The molecule has 2 aromatic carbocycles. The van der Waals surface area contributed by atoms with E-state index in [2.05, 4.69) is 10.3 Å². The third-order valence-corrected chi connectivity index (χ3v) is 3.31. The van der Waals surface area contributed by atoms with Crippen molar-refractivity contribution in [2.24, 2.45) is 0 Å². The van der Waals surface area contributed by atoms with Gasteiger partial charge in [-0.15, -0.1) is 0 Å². The van der Waals surface area contributed by atoms with Gasteiger partial charge in [0.15, 0.2) is 6.61 Å². The van der Waals surface area contributed by atoms with Gasteiger partial charge in [-0.3, -0.25) is 4.79 Å². The van der Waals surface area contributed by atoms with Crippen molar-refractivity contribution in [3.63, 3.8) is 0 Å². The summed E-state index contributed by atoms with van der Waals surface area (Å²) in [6.07, 6.45) is 1.87. The number of amides is 1. The van der Waals surface area contributed by atoms with E-state index in [-0.39, 0.29) is 12.5 Å². The predicted molar refractivity (Wildman–Crippen MR) is 83.6 cm³/mol. The highest BCUT2D eigenvalue weighted by atomic mass is 16.5. The molecule has 3 aromatic rings. The van der Waals surface area contributed by atoms with Crippen LogP contribution in [0.1, 0.15) is 5.56 Å². The first-order valence-corrected chi connectivity index (χ1v) is 6.78. The van der Waals surface area contributed by atoms with Crippen LogP contribution in [0.5, 0.6) is 5.75 Å². The van der Waals surface area contributed by atoms with Crippen molar-refractivity contribution in [3.8, 4) is 5.75 Å². The summed E-state index contributed by atoms with van der Waals surface area (Å²) in [4.78, 5) is 15.0. The summed E-state index contributed by atoms with van der Waals surface area (Å²) < 4.78 is 5.53. The van der Waals surface area contributed by atoms with Crippen molar-refractivity contribution >= 4 is 22.5 Å². The quantitative estimate of drug-likeness (QED) is 0.768. The topological polar surface area (TPSA) is 54.1 Å². The van der Waals surface area contributed by atoms with Crippen molar-refractivity contribution in [2.75, 3.05) is 11.9 Å². The van der Waals surface area contributed by atoms with E-state index in [9.17, 15) is 4.79 Å². The normalized spacial score (nSPS) is 10.5. The largest absolute Gasteiger partial charge is 0.484 e. The molecule has 0 atom stereocenters. The molecule has 4 nitrogen and oxygen atoms in total. The predicted octanol–water partition coefficient (Wildman–Crippen LogP) is 3.49. The number of para-hydroxylation sites is 1. The summed E-state index contributed by atoms with van der Waals surface area (Å²) in [5.74, 6) is 0.514. The first-order chi connectivity index (χ1) is 10.2. The fourth-order valence-electron chi connectivity index (χ4n) is 2.17. The fraction of sp³-hybridized carbons (Fsp3) is 0.118. The number of anilines is 1. The average Bonchev–Trinajstić information content (AvgIpc) is 2.95. The van der Waals surface area contributed by atoms with E-state index in [0.29, 0.717) is 5.75 Å². The first-order valence-electron chi connectivity index (χ1n) is 6.78. The highest BCUT2D eigenvalue weighted by molar-refractivity contribution is 5.92. The summed E-state index contributed by atoms with van der Waals surface area (Å²) in [5, 5.41) is 3.90. The van der Waals surface area contributed by atoms with Gasteiger partial charge in [0, 0.05) is 22.8 Å². The Morgan fingerprint density at radius 2 is 2.05 bits per heavy atom. The lowest BCUT2D eigenvalue weighted by Gasteiger charge is -2.09. The zero-order valence-electron chi connectivity index (χ0n) is 11.7. The number of fused-ring (bicyclic) bond motifs is 1. The van der Waals surface area contributed by atoms with Gasteiger partial charge in [0.05, 0.1) is 0 Å². The molecule has 0 fully saturated rings. The Morgan fingerprint density at radius 3 is 2.90 bits per heavy atom. The van der Waals surface area contributed by atoms with E-state index in [1.54, 1.807) is 0 Å². The van der Waals surface area contributed by atoms with Gasteiger partial charge in [0.25, 0.3) is 5.91 Å². The van der Waals surface area contributed by atoms with Crippen LogP contribution in [-0.2, 0) is 4.79 Å². The third-order valence-electron chi connectivity index (χ3n) is 3.31. The Hall–Kier alpha value is -2.75. The molecule has 0 spiro atoms. The molecule has 0 aliphatic heterocycles. The molecule has 1 aromatic heterocycles. The van der Waals surface area contributed by atoms with Crippen molar-refractivity contribution < 1.29 is 9.53 Å². The SMILES string of the molecule is Cc1ccccc1NC(=O)COc1ccc2[nH]ccc2c1. The smallest absolute Gasteiger partial charge is 0.262 e. The maximum Gasteiger partial charge on any atom is 0.262 e. The van der Waals surface area contributed by atoms with Crippen molar-refractivity contribution in [2.45, 2.75) is 6.92 Å². The van der Waals surface area contributed by atoms with Gasteiger partial charge in [-0.2, -0.15) is 0 Å². The van der Waals surface area contributed by atoms with Gasteiger partial charge in [0.2, 0.25) is 0 Å². The maximum absolute atomic E-state index is 11.9. The Balaban J connectivity index is 1.61. The van der Waals surface area contributed by atoms with Crippen LogP contribution in [0.15, 0.2) is 54.7 Å². The zero-order valence-corrected chi connectivity index (χ0v) is 11.7. The second-order valence-corrected chi connectivity index (χ2v) is 4.88. The Morgan fingerprint density at radius 1 is 1.19 bits per heavy atom. The number of nitrogens with one attached hydrogen (secondary N) is 2. The number of benzene rings is 2. The number of aromatic nitrogens is 1. The second-order valence-electron chi connectivity index (χ2n) is 4.88. The van der Waals surface area contributed by atoms with Gasteiger partial charge in [0.1, 0.15) is 5.75 Å². The second kappa shape index (κ2) is 5.71. The van der Waals surface area contributed by atoms with Gasteiger partial charge >= 0.3 is 0 Å². The highest BCUT2D eigenvalue weighted by Gasteiger charge is 2.06. The average molecular weight is 280 g/mol. The van der Waals surface area contributed by atoms with Crippen molar-refractivity contribution in [1.29, 1.82) is 0 Å². The minimum Gasteiger partial charge on any atom is -0.484 e. The van der Waals surface area contributed by atoms with E-state index in [1.807, 2.05) is 61.7 Å². The van der Waals surface area contributed by atoms with Crippen LogP contribution in [0.25, 0.3) is 10.9 Å². The summed E-state index contributed by atoms with van der Waals surface area (Å²) >= 11 is 0. The molecule has 0 aliphatic carbocycles. The van der Waals surface area contributed by atoms with Crippen LogP contribution >= 0.6 is 0 Å². The number of aryl methyl sites for hydroxylation is 1. The Kier molecular flexibility index (Phi) is 3.60. The molecule has 0 radical (unpaired) electrons. The Labute approximate surface area is 122 Å². The monoisotopic (exact) mass is 280 g/mol. The molecule has 1 amide bonds. The van der Waals surface area contributed by atoms with Gasteiger partial charge < -0.3 is 15.0 Å². The van der Waals surface area contributed by atoms with Crippen LogP contribution in [0.4, 0.5) is 5.69 Å². The maximum atomic E-state index is 11.9. The lowest BCUT2D eigenvalue weighted by atomic mass is 10.2. The van der Waals surface area contributed by atoms with Crippen molar-refractivity contribution in [3.05, 3.63) is 60.3 Å². The minimum atomic E-state index is -0.168. The van der Waals surface area contributed by atoms with Crippen LogP contribution in [0.3, 0.4) is 0 Å². The molecule has 0 saturated carbocycles. The van der Waals surface area contributed by atoms with Gasteiger partial charge in [-0.25, -0.2) is 0 Å². The number of carbonyl (C=O) groups is 1. The molecular weight excluding hydrogens is 264 g/mol. The molecule has 3 rings (SSSR count). The number of aromatic amines is 1. The molecule has 4 heteroatoms. The molecule has 0 unspecified atom stereocenters. The molecule has 0 aliphatic rings. The molecule has 0 saturated heterocycles. The third kappa shape index (κ3) is 3.05. The summed E-state index contributed by atoms with van der Waals surface area (Å²) in [5.41, 5.74) is 2.89. The van der Waals surface area contributed by atoms with E-state index in [1.165, 1.54) is 0 Å². The van der Waals surface area contributed by atoms with E-state index in [4.69, 9.17) is 4.74 Å². The summed E-state index contributed by atoms with van der Waals surface area (Å²) in [6, 6.07) is 15.3. The number of hydrogen-bond acceptors (Lipinski definition) is 2. The first kappa shape index (κ1) is 13.2. The number of carbonyl (C=O) groups excluding carboxylic acids is 1. The van der Waals surface area contributed by atoms with E-state index >= 15 is 0 Å². The number of H-pyrrole nitrogens is 1. The number of hydrogen-bond donors (Lipinski definition) is 2. The molecule has 21 heavy (non-hydrogen) atoms. The van der Waals surface area contributed by atoms with Gasteiger partial charge in [-0.05, 0) is 42.8 Å². The van der Waals surface area contributed by atoms with Gasteiger partial charge in [-0.1, -0.05) is 18.2 Å². The lowest BCUT2D eigenvalue weighted by Crippen LogP contribution is -2.20. The fourth-order valence-corrected chi connectivity index (χ4v) is 2.17. The van der Waals surface area contributed by atoms with Crippen LogP contribution in [0.2, 0.25) is 0 Å². The molecule has 1 heterocycles. The molecule has 2 N–H and O–H groups in total. The zero-order chi connectivity index (χ0) is 14.7. The van der Waals surface area contributed by atoms with Crippen LogP contribution < -0.4 is 10.1 Å². The summed E-state index contributed by atoms with van der Waals surface area (Å²) in [7, 11) is 0. The van der Waals surface area contributed by atoms with Crippen LogP contribution in [0, 0.1) is 6.92 Å². The molecule has 0 bridgehead atoms. The standard InChI is InChI=1S/C17H16N2O2/c1-12-4-2-3-5-15(12)19-17(20)11-21-14-6-7-16-13(10-14)8-9-18-16/h2-10,18H,11H2,1H3,(H,19,20). The lowest BCUT2D eigenvalue weighted by molar-refractivity contribution is -0.118. The molecule has 106 valence electrons. The number of rotatable bonds is 4. The minimum absolute atomic E-state index is 0.00966. The highest BCUT2D eigenvalue weighted by Crippen LogP contribution is 2.19. The van der Waals surface area contributed by atoms with E-state index in [0.717, 1.165) is 22.2 Å². The summed E-state index contributed by atoms with van der Waals surface area (Å²) in [6.45, 7) is 1.95.